The molecule has 0 radical (unpaired) electrons. The lowest BCUT2D eigenvalue weighted by Gasteiger charge is -2.18. The monoisotopic (exact) mass is 228 g/mol. The van der Waals surface area contributed by atoms with Gasteiger partial charge in [0.15, 0.2) is 0 Å². The molecule has 0 N–H and O–H groups in total. The van der Waals surface area contributed by atoms with Crippen molar-refractivity contribution in [1.82, 2.24) is 0 Å². The molecule has 1 aromatic carbocycles. The molecule has 0 saturated heterocycles. The van der Waals surface area contributed by atoms with Gasteiger partial charge in [-0.3, -0.25) is 0 Å². The van der Waals surface area contributed by atoms with E-state index in [9.17, 15) is 4.39 Å². The number of aryl methyl sites for hydroxylation is 2. The Morgan fingerprint density at radius 1 is 1.27 bits per heavy atom. The van der Waals surface area contributed by atoms with Crippen LogP contribution in [0.3, 0.4) is 0 Å². The first-order valence-electron chi connectivity index (χ1n) is 5.38. The smallest absolute Gasteiger partial charge is 0.128 e. The van der Waals surface area contributed by atoms with Crippen molar-refractivity contribution in [2.45, 2.75) is 39.5 Å². The Kier molecular flexibility index (Phi) is 4.15. The molecule has 2 heteroatoms. The van der Waals surface area contributed by atoms with E-state index in [4.69, 9.17) is 11.6 Å². The molecule has 15 heavy (non-hydrogen) atoms. The molecule has 0 bridgehead atoms. The van der Waals surface area contributed by atoms with Crippen molar-refractivity contribution in [2.24, 2.45) is 5.92 Å². The van der Waals surface area contributed by atoms with Crippen LogP contribution in [0, 0.1) is 25.6 Å². The van der Waals surface area contributed by atoms with Gasteiger partial charge in [0.2, 0.25) is 0 Å². The molecule has 1 aromatic rings. The number of hydrogen-bond acceptors (Lipinski definition) is 0. The standard InChI is InChI=1S/C13H18ClF/c1-5-8(2)13(14)11-6-9(3)10(4)7-12(11)15/h6-8,13H,5H2,1-4H3. The van der Waals surface area contributed by atoms with E-state index in [1.165, 1.54) is 0 Å². The number of halogens is 2. The van der Waals surface area contributed by atoms with E-state index >= 15 is 0 Å². The third-order valence-electron chi connectivity index (χ3n) is 3.05. The summed E-state index contributed by atoms with van der Waals surface area (Å²) in [7, 11) is 0. The highest BCUT2D eigenvalue weighted by Crippen LogP contribution is 2.33. The fourth-order valence-corrected chi connectivity index (χ4v) is 1.87. The molecule has 2 unspecified atom stereocenters. The lowest BCUT2D eigenvalue weighted by Crippen LogP contribution is -2.05. The van der Waals surface area contributed by atoms with Crippen LogP contribution in [0.15, 0.2) is 12.1 Å². The van der Waals surface area contributed by atoms with Gasteiger partial charge in [-0.1, -0.05) is 26.3 Å². The molecule has 1 rings (SSSR count). The molecule has 0 spiro atoms. The molecular weight excluding hydrogens is 211 g/mol. The Bertz CT molecular complexity index is 347. The lowest BCUT2D eigenvalue weighted by molar-refractivity contribution is 0.515. The Labute approximate surface area is 96.5 Å². The van der Waals surface area contributed by atoms with Gasteiger partial charge in [0, 0.05) is 5.56 Å². The second-order valence-corrected chi connectivity index (χ2v) is 4.72. The van der Waals surface area contributed by atoms with E-state index in [1.54, 1.807) is 6.07 Å². The summed E-state index contributed by atoms with van der Waals surface area (Å²) in [5.41, 5.74) is 2.71. The quantitative estimate of drug-likeness (QED) is 0.654. The summed E-state index contributed by atoms with van der Waals surface area (Å²) >= 11 is 6.25. The van der Waals surface area contributed by atoms with Gasteiger partial charge >= 0.3 is 0 Å². The van der Waals surface area contributed by atoms with Crippen LogP contribution in [0.2, 0.25) is 0 Å². The Balaban J connectivity index is 3.09. The van der Waals surface area contributed by atoms with Crippen molar-refractivity contribution in [2.75, 3.05) is 0 Å². The molecular formula is C13H18ClF. The summed E-state index contributed by atoms with van der Waals surface area (Å²) in [5.74, 6) is 0.113. The summed E-state index contributed by atoms with van der Waals surface area (Å²) in [6.07, 6.45) is 0.959. The van der Waals surface area contributed by atoms with Crippen molar-refractivity contribution >= 4 is 11.6 Å². The molecule has 0 saturated carbocycles. The average molecular weight is 229 g/mol. The minimum absolute atomic E-state index is 0.182. The van der Waals surface area contributed by atoms with E-state index in [1.807, 2.05) is 26.8 Å². The van der Waals surface area contributed by atoms with E-state index in [-0.39, 0.29) is 11.2 Å². The number of rotatable bonds is 3. The van der Waals surface area contributed by atoms with Crippen molar-refractivity contribution in [1.29, 1.82) is 0 Å². The van der Waals surface area contributed by atoms with Gasteiger partial charge in [0.1, 0.15) is 5.82 Å². The first-order valence-corrected chi connectivity index (χ1v) is 5.81. The number of benzene rings is 1. The minimum Gasteiger partial charge on any atom is -0.207 e. The van der Waals surface area contributed by atoms with Crippen LogP contribution in [0.4, 0.5) is 4.39 Å². The highest BCUT2D eigenvalue weighted by molar-refractivity contribution is 6.21. The molecule has 0 aliphatic carbocycles. The minimum atomic E-state index is -0.228. The second-order valence-electron chi connectivity index (χ2n) is 4.25. The summed E-state index contributed by atoms with van der Waals surface area (Å²) < 4.78 is 13.7. The van der Waals surface area contributed by atoms with Crippen molar-refractivity contribution < 1.29 is 4.39 Å². The molecule has 0 aliphatic rings. The van der Waals surface area contributed by atoms with Crippen LogP contribution < -0.4 is 0 Å². The first kappa shape index (κ1) is 12.5. The zero-order valence-corrected chi connectivity index (χ0v) is 10.5. The van der Waals surface area contributed by atoms with Gasteiger partial charge in [-0.15, -0.1) is 11.6 Å². The lowest BCUT2D eigenvalue weighted by atomic mass is 9.95. The van der Waals surface area contributed by atoms with E-state index in [0.717, 1.165) is 17.5 Å². The third-order valence-corrected chi connectivity index (χ3v) is 3.72. The molecule has 0 nitrogen and oxygen atoms in total. The predicted molar refractivity (Wildman–Crippen MR) is 63.9 cm³/mol. The van der Waals surface area contributed by atoms with Crippen LogP contribution in [0.25, 0.3) is 0 Å². The maximum Gasteiger partial charge on any atom is 0.128 e. The Morgan fingerprint density at radius 3 is 2.33 bits per heavy atom. The van der Waals surface area contributed by atoms with Gasteiger partial charge in [0.25, 0.3) is 0 Å². The summed E-state index contributed by atoms with van der Waals surface area (Å²) in [5, 5.41) is -0.228. The predicted octanol–water partition coefficient (Wildman–Crippen LogP) is 4.77. The molecule has 0 heterocycles. The van der Waals surface area contributed by atoms with E-state index < -0.39 is 0 Å². The fraction of sp³-hybridized carbons (Fsp3) is 0.538. The first-order chi connectivity index (χ1) is 6.97. The van der Waals surface area contributed by atoms with Crippen LogP contribution in [-0.4, -0.2) is 0 Å². The summed E-state index contributed by atoms with van der Waals surface area (Å²) in [4.78, 5) is 0. The van der Waals surface area contributed by atoms with Crippen molar-refractivity contribution in [3.63, 3.8) is 0 Å². The SMILES string of the molecule is CCC(C)C(Cl)c1cc(C)c(C)cc1F. The number of hydrogen-bond donors (Lipinski definition) is 0. The molecule has 0 aromatic heterocycles. The highest BCUT2D eigenvalue weighted by Gasteiger charge is 2.19. The van der Waals surface area contributed by atoms with Crippen LogP contribution >= 0.6 is 11.6 Å². The fourth-order valence-electron chi connectivity index (χ4n) is 1.53. The number of alkyl halides is 1. The van der Waals surface area contributed by atoms with Gasteiger partial charge in [-0.05, 0) is 37.0 Å². The van der Waals surface area contributed by atoms with Gasteiger partial charge in [0.05, 0.1) is 5.38 Å². The topological polar surface area (TPSA) is 0 Å². The van der Waals surface area contributed by atoms with Crippen molar-refractivity contribution in [3.05, 3.63) is 34.6 Å². The summed E-state index contributed by atoms with van der Waals surface area (Å²) in [6.45, 7) is 8.01. The molecule has 2 atom stereocenters. The van der Waals surface area contributed by atoms with Gasteiger partial charge in [-0.25, -0.2) is 4.39 Å². The molecule has 0 fully saturated rings. The molecule has 0 amide bonds. The Morgan fingerprint density at radius 2 is 1.80 bits per heavy atom. The van der Waals surface area contributed by atoms with Crippen LogP contribution in [0.1, 0.15) is 42.3 Å². The van der Waals surface area contributed by atoms with E-state index in [2.05, 4.69) is 6.92 Å². The van der Waals surface area contributed by atoms with Crippen molar-refractivity contribution in [3.8, 4) is 0 Å². The van der Waals surface area contributed by atoms with Gasteiger partial charge < -0.3 is 0 Å². The third kappa shape index (κ3) is 2.72. The average Bonchev–Trinajstić information content (AvgIpc) is 2.21. The van der Waals surface area contributed by atoms with Crippen LogP contribution in [-0.2, 0) is 0 Å². The van der Waals surface area contributed by atoms with Gasteiger partial charge in [-0.2, -0.15) is 0 Å². The molecule has 84 valence electrons. The zero-order valence-electron chi connectivity index (χ0n) is 9.77. The van der Waals surface area contributed by atoms with Crippen LogP contribution in [0.5, 0.6) is 0 Å². The maximum atomic E-state index is 13.7. The maximum absolute atomic E-state index is 13.7. The highest BCUT2D eigenvalue weighted by atomic mass is 35.5. The molecule has 0 aliphatic heterocycles. The largest absolute Gasteiger partial charge is 0.207 e. The Hall–Kier alpha value is -0.560. The second kappa shape index (κ2) is 4.98. The summed E-state index contributed by atoms with van der Waals surface area (Å²) in [6, 6.07) is 3.44. The van der Waals surface area contributed by atoms with E-state index in [0.29, 0.717) is 11.5 Å². The zero-order chi connectivity index (χ0) is 11.6. The normalized spacial score (nSPS) is 15.1.